The van der Waals surface area contributed by atoms with Crippen LogP contribution >= 0.6 is 0 Å². The number of carbonyl (C=O) groups is 2. The van der Waals surface area contributed by atoms with Crippen molar-refractivity contribution in [2.75, 3.05) is 19.6 Å². The molecule has 0 atom stereocenters. The summed E-state index contributed by atoms with van der Waals surface area (Å²) in [5.41, 5.74) is 0.831. The van der Waals surface area contributed by atoms with Crippen LogP contribution in [0, 0.1) is 0 Å². The molecule has 0 saturated carbocycles. The molecule has 7 nitrogen and oxygen atoms in total. The minimum absolute atomic E-state index is 0.0614. The Hall–Kier alpha value is -2.44. The molecule has 0 bridgehead atoms. The summed E-state index contributed by atoms with van der Waals surface area (Å²) < 4.78 is 1.95. The molecule has 0 radical (unpaired) electrons. The summed E-state index contributed by atoms with van der Waals surface area (Å²) in [6, 6.07) is 5.78. The Bertz CT molecular complexity index is 706. The minimum Gasteiger partial charge on any atom is -0.356 e. The first-order chi connectivity index (χ1) is 11.7. The molecule has 2 aromatic rings. The van der Waals surface area contributed by atoms with Gasteiger partial charge in [-0.05, 0) is 31.4 Å². The van der Waals surface area contributed by atoms with E-state index in [9.17, 15) is 9.59 Å². The molecule has 2 aromatic heterocycles. The molecule has 0 unspecified atom stereocenters. The summed E-state index contributed by atoms with van der Waals surface area (Å²) in [4.78, 5) is 25.6. The standard InChI is InChI=1S/C17H23N5O2/c23-16(8-9-17(24)21-11-3-4-12-21)18-10-5-7-15-20-19-14-6-1-2-13-22(14)15/h1-2,6,13H,3-5,7-12H2,(H,18,23). The van der Waals surface area contributed by atoms with E-state index >= 15 is 0 Å². The van der Waals surface area contributed by atoms with Crippen molar-refractivity contribution in [2.45, 2.75) is 38.5 Å². The van der Waals surface area contributed by atoms with Crippen LogP contribution in [0.5, 0.6) is 0 Å². The molecule has 1 aliphatic heterocycles. The summed E-state index contributed by atoms with van der Waals surface area (Å²) >= 11 is 0. The largest absolute Gasteiger partial charge is 0.356 e. The van der Waals surface area contributed by atoms with Crippen molar-refractivity contribution in [3.8, 4) is 0 Å². The van der Waals surface area contributed by atoms with Crippen molar-refractivity contribution in [3.63, 3.8) is 0 Å². The van der Waals surface area contributed by atoms with E-state index in [4.69, 9.17) is 0 Å². The van der Waals surface area contributed by atoms with Gasteiger partial charge in [0.25, 0.3) is 0 Å². The molecule has 0 spiro atoms. The lowest BCUT2D eigenvalue weighted by molar-refractivity contribution is -0.132. The lowest BCUT2D eigenvalue weighted by Gasteiger charge is -2.14. The normalized spacial score (nSPS) is 14.2. The van der Waals surface area contributed by atoms with Crippen LogP contribution in [0.25, 0.3) is 5.65 Å². The van der Waals surface area contributed by atoms with Crippen LogP contribution in [-0.4, -0.2) is 50.9 Å². The summed E-state index contributed by atoms with van der Waals surface area (Å²) in [7, 11) is 0. The van der Waals surface area contributed by atoms with Crippen molar-refractivity contribution in [2.24, 2.45) is 0 Å². The fourth-order valence-corrected chi connectivity index (χ4v) is 2.97. The van der Waals surface area contributed by atoms with Gasteiger partial charge in [-0.15, -0.1) is 10.2 Å². The van der Waals surface area contributed by atoms with E-state index < -0.39 is 0 Å². The van der Waals surface area contributed by atoms with E-state index in [-0.39, 0.29) is 18.2 Å². The number of aryl methyl sites for hydroxylation is 1. The highest BCUT2D eigenvalue weighted by molar-refractivity contribution is 5.83. The van der Waals surface area contributed by atoms with Crippen molar-refractivity contribution < 1.29 is 9.59 Å². The summed E-state index contributed by atoms with van der Waals surface area (Å²) in [6.07, 6.45) is 6.21. The average molecular weight is 329 g/mol. The zero-order valence-electron chi connectivity index (χ0n) is 13.8. The Balaban J connectivity index is 1.34. The van der Waals surface area contributed by atoms with E-state index in [1.165, 1.54) is 0 Å². The number of hydrogen-bond donors (Lipinski definition) is 1. The number of nitrogens with one attached hydrogen (secondary N) is 1. The molecule has 7 heteroatoms. The van der Waals surface area contributed by atoms with E-state index in [2.05, 4.69) is 15.5 Å². The number of fused-ring (bicyclic) bond motifs is 1. The molecular formula is C17H23N5O2. The Kier molecular flexibility index (Phi) is 5.40. The summed E-state index contributed by atoms with van der Waals surface area (Å²) in [5, 5.41) is 11.1. The van der Waals surface area contributed by atoms with E-state index in [0.717, 1.165) is 50.2 Å². The molecule has 1 fully saturated rings. The van der Waals surface area contributed by atoms with Crippen LogP contribution in [0.3, 0.4) is 0 Å². The first-order valence-electron chi connectivity index (χ1n) is 8.57. The molecule has 3 rings (SSSR count). The number of amides is 2. The molecule has 2 amide bonds. The molecule has 1 saturated heterocycles. The van der Waals surface area contributed by atoms with Crippen LogP contribution in [0.2, 0.25) is 0 Å². The Labute approximate surface area is 141 Å². The number of rotatable bonds is 7. The van der Waals surface area contributed by atoms with E-state index in [1.54, 1.807) is 0 Å². The average Bonchev–Trinajstić information content (AvgIpc) is 3.26. The lowest BCUT2D eigenvalue weighted by Crippen LogP contribution is -2.30. The maximum Gasteiger partial charge on any atom is 0.223 e. The van der Waals surface area contributed by atoms with E-state index in [1.807, 2.05) is 33.7 Å². The molecule has 24 heavy (non-hydrogen) atoms. The number of carbonyl (C=O) groups excluding carboxylic acids is 2. The topological polar surface area (TPSA) is 79.6 Å². The maximum absolute atomic E-state index is 11.9. The fraction of sp³-hybridized carbons (Fsp3) is 0.529. The molecular weight excluding hydrogens is 306 g/mol. The fourth-order valence-electron chi connectivity index (χ4n) is 2.97. The second kappa shape index (κ2) is 7.90. The quantitative estimate of drug-likeness (QED) is 0.774. The first kappa shape index (κ1) is 16.4. The van der Waals surface area contributed by atoms with Gasteiger partial charge in [-0.3, -0.25) is 14.0 Å². The SMILES string of the molecule is O=C(CCC(=O)N1CCCC1)NCCCc1nnc2ccccn12. The van der Waals surface area contributed by atoms with Gasteiger partial charge in [0, 0.05) is 45.1 Å². The van der Waals surface area contributed by atoms with Gasteiger partial charge >= 0.3 is 0 Å². The summed E-state index contributed by atoms with van der Waals surface area (Å²) in [5.74, 6) is 0.926. The van der Waals surface area contributed by atoms with Gasteiger partial charge < -0.3 is 10.2 Å². The molecule has 1 N–H and O–H groups in total. The molecule has 128 valence electrons. The van der Waals surface area contributed by atoms with Crippen molar-refractivity contribution in [1.29, 1.82) is 0 Å². The third-order valence-corrected chi connectivity index (χ3v) is 4.31. The summed E-state index contributed by atoms with van der Waals surface area (Å²) in [6.45, 7) is 2.26. The Morgan fingerprint density at radius 2 is 1.96 bits per heavy atom. The predicted octanol–water partition coefficient (Wildman–Crippen LogP) is 1.18. The Morgan fingerprint density at radius 3 is 2.79 bits per heavy atom. The van der Waals surface area contributed by atoms with Gasteiger partial charge in [-0.2, -0.15) is 0 Å². The zero-order chi connectivity index (χ0) is 16.8. The smallest absolute Gasteiger partial charge is 0.223 e. The van der Waals surface area contributed by atoms with Gasteiger partial charge in [0.2, 0.25) is 11.8 Å². The number of hydrogen-bond acceptors (Lipinski definition) is 4. The van der Waals surface area contributed by atoms with Gasteiger partial charge in [0.15, 0.2) is 5.65 Å². The predicted molar refractivity (Wildman–Crippen MR) is 89.4 cm³/mol. The molecule has 0 aromatic carbocycles. The third kappa shape index (κ3) is 4.10. The van der Waals surface area contributed by atoms with Crippen LogP contribution in [0.1, 0.15) is 37.9 Å². The molecule has 0 aliphatic carbocycles. The minimum atomic E-state index is -0.0614. The molecule has 1 aliphatic rings. The van der Waals surface area contributed by atoms with Crippen molar-refractivity contribution >= 4 is 17.5 Å². The first-order valence-corrected chi connectivity index (χ1v) is 8.57. The second-order valence-electron chi connectivity index (χ2n) is 6.09. The number of aromatic nitrogens is 3. The van der Waals surface area contributed by atoms with Gasteiger partial charge in [0.1, 0.15) is 5.82 Å². The van der Waals surface area contributed by atoms with Crippen LogP contribution in [-0.2, 0) is 16.0 Å². The van der Waals surface area contributed by atoms with Crippen molar-refractivity contribution in [1.82, 2.24) is 24.8 Å². The second-order valence-corrected chi connectivity index (χ2v) is 6.09. The number of likely N-dealkylation sites (tertiary alicyclic amines) is 1. The van der Waals surface area contributed by atoms with Gasteiger partial charge in [0.05, 0.1) is 0 Å². The van der Waals surface area contributed by atoms with Crippen molar-refractivity contribution in [3.05, 3.63) is 30.2 Å². The van der Waals surface area contributed by atoms with Gasteiger partial charge in [-0.1, -0.05) is 6.07 Å². The lowest BCUT2D eigenvalue weighted by atomic mass is 10.2. The monoisotopic (exact) mass is 329 g/mol. The highest BCUT2D eigenvalue weighted by Crippen LogP contribution is 2.09. The van der Waals surface area contributed by atoms with Crippen LogP contribution in [0.15, 0.2) is 24.4 Å². The highest BCUT2D eigenvalue weighted by atomic mass is 16.2. The maximum atomic E-state index is 11.9. The number of pyridine rings is 1. The van der Waals surface area contributed by atoms with E-state index in [0.29, 0.717) is 13.0 Å². The molecule has 3 heterocycles. The van der Waals surface area contributed by atoms with Gasteiger partial charge in [-0.25, -0.2) is 0 Å². The van der Waals surface area contributed by atoms with Crippen LogP contribution in [0.4, 0.5) is 0 Å². The Morgan fingerprint density at radius 1 is 1.12 bits per heavy atom. The van der Waals surface area contributed by atoms with Crippen LogP contribution < -0.4 is 5.32 Å². The zero-order valence-corrected chi connectivity index (χ0v) is 13.8. The number of nitrogens with zero attached hydrogens (tertiary/aromatic N) is 4. The highest BCUT2D eigenvalue weighted by Gasteiger charge is 2.18. The third-order valence-electron chi connectivity index (χ3n) is 4.31.